The lowest BCUT2D eigenvalue weighted by molar-refractivity contribution is 0.195. The first-order valence-corrected chi connectivity index (χ1v) is 6.64. The van der Waals surface area contributed by atoms with E-state index in [0.29, 0.717) is 6.04 Å². The molecular formula is C13H21BrN2. The van der Waals surface area contributed by atoms with Crippen LogP contribution in [0, 0.1) is 0 Å². The zero-order chi connectivity index (χ0) is 12.1. The predicted molar refractivity (Wildman–Crippen MR) is 73.5 cm³/mol. The summed E-state index contributed by atoms with van der Waals surface area (Å²) in [6, 6.07) is 8.90. The van der Waals surface area contributed by atoms with Crippen molar-refractivity contribution in [3.8, 4) is 0 Å². The Morgan fingerprint density at radius 1 is 1.19 bits per heavy atom. The molecule has 0 aliphatic carbocycles. The Morgan fingerprint density at radius 3 is 2.06 bits per heavy atom. The Bertz CT molecular complexity index is 304. The Labute approximate surface area is 107 Å². The summed E-state index contributed by atoms with van der Waals surface area (Å²) >= 11 is 3.46. The highest BCUT2D eigenvalue weighted by atomic mass is 79.9. The van der Waals surface area contributed by atoms with Crippen molar-refractivity contribution < 1.29 is 0 Å². The van der Waals surface area contributed by atoms with Gasteiger partial charge in [0.2, 0.25) is 0 Å². The fourth-order valence-electron chi connectivity index (χ4n) is 2.12. The molecule has 2 unspecified atom stereocenters. The van der Waals surface area contributed by atoms with Crippen LogP contribution in [0.15, 0.2) is 28.7 Å². The molecule has 0 saturated carbocycles. The molecule has 2 N–H and O–H groups in total. The Kier molecular flexibility index (Phi) is 5.46. The third-order valence-corrected chi connectivity index (χ3v) is 3.44. The van der Waals surface area contributed by atoms with Crippen molar-refractivity contribution in [3.63, 3.8) is 0 Å². The second-order valence-electron chi connectivity index (χ2n) is 4.08. The lowest BCUT2D eigenvalue weighted by atomic mass is 9.99. The molecule has 2 nitrogen and oxygen atoms in total. The first-order chi connectivity index (χ1) is 7.60. The van der Waals surface area contributed by atoms with Crippen molar-refractivity contribution in [2.24, 2.45) is 5.73 Å². The van der Waals surface area contributed by atoms with E-state index >= 15 is 0 Å². The minimum Gasteiger partial charge on any atom is -0.326 e. The van der Waals surface area contributed by atoms with Crippen molar-refractivity contribution in [1.29, 1.82) is 0 Å². The molecule has 16 heavy (non-hydrogen) atoms. The van der Waals surface area contributed by atoms with Crippen LogP contribution in [0.2, 0.25) is 0 Å². The molecule has 0 saturated heterocycles. The fraction of sp³-hybridized carbons (Fsp3) is 0.538. The quantitative estimate of drug-likeness (QED) is 0.900. The van der Waals surface area contributed by atoms with Gasteiger partial charge < -0.3 is 5.73 Å². The van der Waals surface area contributed by atoms with E-state index in [-0.39, 0.29) is 6.04 Å². The molecule has 0 amide bonds. The van der Waals surface area contributed by atoms with Crippen LogP contribution in [0.25, 0.3) is 0 Å². The van der Waals surface area contributed by atoms with Gasteiger partial charge in [0.15, 0.2) is 0 Å². The van der Waals surface area contributed by atoms with Crippen LogP contribution in [0.3, 0.4) is 0 Å². The van der Waals surface area contributed by atoms with Gasteiger partial charge in [-0.2, -0.15) is 0 Å². The van der Waals surface area contributed by atoms with Crippen LogP contribution < -0.4 is 5.73 Å². The standard InChI is InChI=1S/C13H21BrN2/c1-4-16(5-2)13(10(3)15)11-6-8-12(14)9-7-11/h6-10,13H,4-5,15H2,1-3H3. The van der Waals surface area contributed by atoms with Gasteiger partial charge in [-0.05, 0) is 37.7 Å². The van der Waals surface area contributed by atoms with E-state index in [0.717, 1.165) is 17.6 Å². The molecule has 1 rings (SSSR count). The molecule has 0 spiro atoms. The van der Waals surface area contributed by atoms with E-state index < -0.39 is 0 Å². The van der Waals surface area contributed by atoms with E-state index in [2.05, 4.69) is 65.9 Å². The molecule has 0 heterocycles. The first kappa shape index (κ1) is 13.7. The molecule has 0 bridgehead atoms. The van der Waals surface area contributed by atoms with Gasteiger partial charge in [0.25, 0.3) is 0 Å². The van der Waals surface area contributed by atoms with Crippen LogP contribution in [0.5, 0.6) is 0 Å². The van der Waals surface area contributed by atoms with Gasteiger partial charge in [-0.3, -0.25) is 4.90 Å². The van der Waals surface area contributed by atoms with Gasteiger partial charge in [-0.1, -0.05) is 41.9 Å². The summed E-state index contributed by atoms with van der Waals surface area (Å²) in [6.45, 7) is 8.48. The molecule has 3 heteroatoms. The lowest BCUT2D eigenvalue weighted by Gasteiger charge is -2.33. The van der Waals surface area contributed by atoms with Crippen LogP contribution >= 0.6 is 15.9 Å². The highest BCUT2D eigenvalue weighted by Crippen LogP contribution is 2.24. The Morgan fingerprint density at radius 2 is 1.69 bits per heavy atom. The smallest absolute Gasteiger partial charge is 0.0496 e. The van der Waals surface area contributed by atoms with Crippen molar-refractivity contribution >= 4 is 15.9 Å². The lowest BCUT2D eigenvalue weighted by Crippen LogP contribution is -2.39. The number of likely N-dealkylation sites (N-methyl/N-ethyl adjacent to an activating group) is 1. The van der Waals surface area contributed by atoms with Gasteiger partial charge in [0.05, 0.1) is 0 Å². The second-order valence-corrected chi connectivity index (χ2v) is 4.99. The monoisotopic (exact) mass is 284 g/mol. The van der Waals surface area contributed by atoms with Gasteiger partial charge in [0, 0.05) is 16.6 Å². The largest absolute Gasteiger partial charge is 0.326 e. The van der Waals surface area contributed by atoms with Gasteiger partial charge >= 0.3 is 0 Å². The summed E-state index contributed by atoms with van der Waals surface area (Å²) in [6.07, 6.45) is 0. The fourth-order valence-corrected chi connectivity index (χ4v) is 2.39. The molecule has 0 aliphatic heterocycles. The normalized spacial score (nSPS) is 15.1. The molecule has 1 aromatic rings. The molecule has 2 atom stereocenters. The molecule has 0 fully saturated rings. The maximum atomic E-state index is 6.11. The summed E-state index contributed by atoms with van der Waals surface area (Å²) in [5.74, 6) is 0. The van der Waals surface area contributed by atoms with Gasteiger partial charge in [0.1, 0.15) is 0 Å². The SMILES string of the molecule is CCN(CC)C(c1ccc(Br)cc1)C(C)N. The zero-order valence-corrected chi connectivity index (χ0v) is 11.9. The van der Waals surface area contributed by atoms with E-state index in [4.69, 9.17) is 5.73 Å². The maximum absolute atomic E-state index is 6.11. The second kappa shape index (κ2) is 6.38. The summed E-state index contributed by atoms with van der Waals surface area (Å²) in [5.41, 5.74) is 7.40. The molecule has 90 valence electrons. The van der Waals surface area contributed by atoms with E-state index in [1.54, 1.807) is 0 Å². The average molecular weight is 285 g/mol. The van der Waals surface area contributed by atoms with Gasteiger partial charge in [-0.15, -0.1) is 0 Å². The zero-order valence-electron chi connectivity index (χ0n) is 10.3. The molecule has 0 radical (unpaired) electrons. The van der Waals surface area contributed by atoms with Crippen molar-refractivity contribution in [3.05, 3.63) is 34.3 Å². The van der Waals surface area contributed by atoms with E-state index in [1.807, 2.05) is 0 Å². The molecular weight excluding hydrogens is 264 g/mol. The number of nitrogens with two attached hydrogens (primary N) is 1. The van der Waals surface area contributed by atoms with Crippen molar-refractivity contribution in [2.45, 2.75) is 32.9 Å². The number of benzene rings is 1. The summed E-state index contributed by atoms with van der Waals surface area (Å²) in [4.78, 5) is 2.40. The average Bonchev–Trinajstić information content (AvgIpc) is 2.27. The third-order valence-electron chi connectivity index (χ3n) is 2.92. The number of rotatable bonds is 5. The Balaban J connectivity index is 2.97. The number of nitrogens with zero attached hydrogens (tertiary/aromatic N) is 1. The molecule has 0 aromatic heterocycles. The number of hydrogen-bond donors (Lipinski definition) is 1. The first-order valence-electron chi connectivity index (χ1n) is 5.85. The third kappa shape index (κ3) is 3.30. The van der Waals surface area contributed by atoms with E-state index in [9.17, 15) is 0 Å². The molecule has 0 aliphatic rings. The van der Waals surface area contributed by atoms with Crippen molar-refractivity contribution in [2.75, 3.05) is 13.1 Å². The highest BCUT2D eigenvalue weighted by molar-refractivity contribution is 9.10. The van der Waals surface area contributed by atoms with Crippen LogP contribution in [0.1, 0.15) is 32.4 Å². The maximum Gasteiger partial charge on any atom is 0.0496 e. The summed E-state index contributed by atoms with van der Waals surface area (Å²) in [7, 11) is 0. The molecule has 1 aromatic carbocycles. The van der Waals surface area contributed by atoms with Crippen LogP contribution in [0.4, 0.5) is 0 Å². The minimum atomic E-state index is 0.140. The van der Waals surface area contributed by atoms with Crippen LogP contribution in [-0.4, -0.2) is 24.0 Å². The van der Waals surface area contributed by atoms with Gasteiger partial charge in [-0.25, -0.2) is 0 Å². The van der Waals surface area contributed by atoms with Crippen molar-refractivity contribution in [1.82, 2.24) is 4.90 Å². The number of halogens is 1. The highest BCUT2D eigenvalue weighted by Gasteiger charge is 2.21. The predicted octanol–water partition coefficient (Wildman–Crippen LogP) is 3.18. The topological polar surface area (TPSA) is 29.3 Å². The Hall–Kier alpha value is -0.380. The number of hydrogen-bond acceptors (Lipinski definition) is 2. The van der Waals surface area contributed by atoms with Crippen LogP contribution in [-0.2, 0) is 0 Å². The minimum absolute atomic E-state index is 0.140. The van der Waals surface area contributed by atoms with E-state index in [1.165, 1.54) is 5.56 Å². The summed E-state index contributed by atoms with van der Waals surface area (Å²) < 4.78 is 1.11. The summed E-state index contributed by atoms with van der Waals surface area (Å²) in [5, 5.41) is 0.